The van der Waals surface area contributed by atoms with Crippen molar-refractivity contribution >= 4 is 27.3 Å². The topological polar surface area (TPSA) is 38.0 Å². The largest absolute Gasteiger partial charge is 0.399 e. The van der Waals surface area contributed by atoms with E-state index in [9.17, 15) is 0 Å². The molecule has 2 nitrogen and oxygen atoms in total. The molecule has 3 N–H and O–H groups in total. The average Bonchev–Trinajstić information content (AvgIpc) is 2.64. The predicted molar refractivity (Wildman–Crippen MR) is 73.6 cm³/mol. The molecule has 3 heteroatoms. The van der Waals surface area contributed by atoms with Crippen molar-refractivity contribution in [2.24, 2.45) is 5.41 Å². The van der Waals surface area contributed by atoms with Gasteiger partial charge >= 0.3 is 0 Å². The van der Waals surface area contributed by atoms with Gasteiger partial charge in [0, 0.05) is 22.4 Å². The van der Waals surface area contributed by atoms with Crippen LogP contribution in [0.1, 0.15) is 32.6 Å². The van der Waals surface area contributed by atoms with Gasteiger partial charge in [-0.05, 0) is 52.4 Å². The van der Waals surface area contributed by atoms with E-state index in [-0.39, 0.29) is 0 Å². The average molecular weight is 283 g/mol. The molecule has 0 amide bonds. The smallest absolute Gasteiger partial charge is 0.0486 e. The Morgan fingerprint density at radius 1 is 1.38 bits per heavy atom. The van der Waals surface area contributed by atoms with Gasteiger partial charge in [0.05, 0.1) is 0 Å². The zero-order valence-electron chi connectivity index (χ0n) is 9.72. The first-order valence-corrected chi connectivity index (χ1v) is 6.67. The minimum absolute atomic E-state index is 0.473. The van der Waals surface area contributed by atoms with Crippen molar-refractivity contribution in [3.05, 3.63) is 22.7 Å². The van der Waals surface area contributed by atoms with Crippen molar-refractivity contribution < 1.29 is 0 Å². The summed E-state index contributed by atoms with van der Waals surface area (Å²) in [5.41, 5.74) is 8.12. The van der Waals surface area contributed by atoms with Crippen molar-refractivity contribution in [1.82, 2.24) is 0 Å². The van der Waals surface area contributed by atoms with Crippen LogP contribution in [0.5, 0.6) is 0 Å². The van der Waals surface area contributed by atoms with Crippen LogP contribution in [-0.2, 0) is 0 Å². The number of nitrogen functional groups attached to an aromatic ring is 1. The van der Waals surface area contributed by atoms with Gasteiger partial charge in [0.25, 0.3) is 0 Å². The molecule has 1 aliphatic carbocycles. The fraction of sp³-hybridized carbons (Fsp3) is 0.538. The summed E-state index contributed by atoms with van der Waals surface area (Å²) in [6.07, 6.45) is 5.43. The number of rotatable bonds is 3. The fourth-order valence-electron chi connectivity index (χ4n) is 2.39. The first-order valence-electron chi connectivity index (χ1n) is 5.88. The molecule has 0 atom stereocenters. The number of nitrogens with two attached hydrogens (primary N) is 1. The summed E-state index contributed by atoms with van der Waals surface area (Å²) in [5, 5.41) is 3.52. The molecule has 1 saturated carbocycles. The minimum atomic E-state index is 0.473. The summed E-state index contributed by atoms with van der Waals surface area (Å²) in [7, 11) is 0. The van der Waals surface area contributed by atoms with E-state index in [0.717, 1.165) is 22.4 Å². The standard InChI is InChI=1S/C13H19BrN2/c1-13(6-2-3-7-13)9-16-12-5-4-10(15)8-11(12)14/h4-5,8,16H,2-3,6-7,9,15H2,1H3. The van der Waals surface area contributed by atoms with Gasteiger partial charge in [-0.2, -0.15) is 0 Å². The second kappa shape index (κ2) is 4.66. The van der Waals surface area contributed by atoms with Gasteiger partial charge < -0.3 is 11.1 Å². The van der Waals surface area contributed by atoms with Gasteiger partial charge in [-0.1, -0.05) is 19.8 Å². The highest BCUT2D eigenvalue weighted by Gasteiger charge is 2.28. The lowest BCUT2D eigenvalue weighted by atomic mass is 9.89. The Hall–Kier alpha value is -0.700. The van der Waals surface area contributed by atoms with Crippen LogP contribution in [0.2, 0.25) is 0 Å². The number of hydrogen-bond acceptors (Lipinski definition) is 2. The maximum Gasteiger partial charge on any atom is 0.0486 e. The Balaban J connectivity index is 1.99. The van der Waals surface area contributed by atoms with E-state index in [2.05, 4.69) is 28.2 Å². The number of halogens is 1. The first-order chi connectivity index (χ1) is 7.59. The lowest BCUT2D eigenvalue weighted by Crippen LogP contribution is -2.23. The third-order valence-corrected chi connectivity index (χ3v) is 4.17. The van der Waals surface area contributed by atoms with Gasteiger partial charge in [-0.3, -0.25) is 0 Å². The maximum absolute atomic E-state index is 5.71. The van der Waals surface area contributed by atoms with Crippen LogP contribution in [0, 0.1) is 5.41 Å². The summed E-state index contributed by atoms with van der Waals surface area (Å²) in [6, 6.07) is 5.92. The molecule has 0 aliphatic heterocycles. The predicted octanol–water partition coefficient (Wildman–Crippen LogP) is 4.02. The van der Waals surface area contributed by atoms with Gasteiger partial charge in [-0.15, -0.1) is 0 Å². The zero-order valence-corrected chi connectivity index (χ0v) is 11.3. The highest BCUT2D eigenvalue weighted by molar-refractivity contribution is 9.10. The number of hydrogen-bond donors (Lipinski definition) is 2. The molecular formula is C13H19BrN2. The Bertz CT molecular complexity index is 370. The third kappa shape index (κ3) is 2.70. The highest BCUT2D eigenvalue weighted by atomic mass is 79.9. The lowest BCUT2D eigenvalue weighted by molar-refractivity contribution is 0.362. The van der Waals surface area contributed by atoms with Crippen LogP contribution < -0.4 is 11.1 Å². The molecule has 0 bridgehead atoms. The summed E-state index contributed by atoms with van der Waals surface area (Å²) >= 11 is 3.53. The Morgan fingerprint density at radius 3 is 2.69 bits per heavy atom. The normalized spacial score (nSPS) is 18.6. The molecule has 16 heavy (non-hydrogen) atoms. The Labute approximate surface area is 106 Å². The summed E-state index contributed by atoms with van der Waals surface area (Å²) in [5.74, 6) is 0. The van der Waals surface area contributed by atoms with Gasteiger partial charge in [0.2, 0.25) is 0 Å². The van der Waals surface area contributed by atoms with Crippen LogP contribution in [0.3, 0.4) is 0 Å². The van der Waals surface area contributed by atoms with Crippen molar-refractivity contribution in [3.8, 4) is 0 Å². The van der Waals surface area contributed by atoms with Crippen LogP contribution in [0.25, 0.3) is 0 Å². The Kier molecular flexibility index (Phi) is 3.43. The van der Waals surface area contributed by atoms with Gasteiger partial charge in [-0.25, -0.2) is 0 Å². The molecule has 2 rings (SSSR count). The van der Waals surface area contributed by atoms with Crippen molar-refractivity contribution in [2.45, 2.75) is 32.6 Å². The Morgan fingerprint density at radius 2 is 2.06 bits per heavy atom. The molecule has 1 aromatic rings. The fourth-order valence-corrected chi connectivity index (χ4v) is 2.93. The van der Waals surface area contributed by atoms with E-state index < -0.39 is 0 Å². The van der Waals surface area contributed by atoms with E-state index >= 15 is 0 Å². The summed E-state index contributed by atoms with van der Waals surface area (Å²) in [6.45, 7) is 3.42. The molecule has 88 valence electrons. The second-order valence-electron chi connectivity index (χ2n) is 5.11. The highest BCUT2D eigenvalue weighted by Crippen LogP contribution is 2.38. The number of nitrogens with one attached hydrogen (secondary N) is 1. The van der Waals surface area contributed by atoms with Gasteiger partial charge in [0.15, 0.2) is 0 Å². The second-order valence-corrected chi connectivity index (χ2v) is 5.96. The van der Waals surface area contributed by atoms with Gasteiger partial charge in [0.1, 0.15) is 0 Å². The number of benzene rings is 1. The lowest BCUT2D eigenvalue weighted by Gasteiger charge is -2.24. The SMILES string of the molecule is CC1(CNc2ccc(N)cc2Br)CCCC1. The van der Waals surface area contributed by atoms with Crippen molar-refractivity contribution in [3.63, 3.8) is 0 Å². The molecule has 0 radical (unpaired) electrons. The minimum Gasteiger partial charge on any atom is -0.399 e. The van der Waals surface area contributed by atoms with Crippen molar-refractivity contribution in [2.75, 3.05) is 17.6 Å². The third-order valence-electron chi connectivity index (χ3n) is 3.51. The molecule has 1 aromatic carbocycles. The van der Waals surface area contributed by atoms with E-state index in [0.29, 0.717) is 5.41 Å². The molecule has 1 fully saturated rings. The molecule has 1 aliphatic rings. The molecule has 0 heterocycles. The summed E-state index contributed by atoms with van der Waals surface area (Å²) < 4.78 is 1.05. The monoisotopic (exact) mass is 282 g/mol. The van der Waals surface area contributed by atoms with E-state index in [4.69, 9.17) is 5.73 Å². The summed E-state index contributed by atoms with van der Waals surface area (Å²) in [4.78, 5) is 0. The quantitative estimate of drug-likeness (QED) is 0.822. The molecular weight excluding hydrogens is 264 g/mol. The molecule has 0 unspecified atom stereocenters. The zero-order chi connectivity index (χ0) is 11.6. The number of anilines is 2. The molecule has 0 saturated heterocycles. The van der Waals surface area contributed by atoms with E-state index in [1.54, 1.807) is 0 Å². The van der Waals surface area contributed by atoms with E-state index in [1.807, 2.05) is 18.2 Å². The first kappa shape index (κ1) is 11.8. The van der Waals surface area contributed by atoms with Crippen LogP contribution in [0.15, 0.2) is 22.7 Å². The van der Waals surface area contributed by atoms with E-state index in [1.165, 1.54) is 25.7 Å². The van der Waals surface area contributed by atoms with Crippen molar-refractivity contribution in [1.29, 1.82) is 0 Å². The molecule has 0 spiro atoms. The molecule has 0 aromatic heterocycles. The van der Waals surface area contributed by atoms with Crippen LogP contribution >= 0.6 is 15.9 Å². The van der Waals surface area contributed by atoms with Crippen LogP contribution in [0.4, 0.5) is 11.4 Å². The maximum atomic E-state index is 5.71. The van der Waals surface area contributed by atoms with Crippen LogP contribution in [-0.4, -0.2) is 6.54 Å².